The van der Waals surface area contributed by atoms with Gasteiger partial charge in [0, 0.05) is 37.7 Å². The number of nitrogens with one attached hydrogen (secondary N) is 2. The number of benzene rings is 2. The van der Waals surface area contributed by atoms with Crippen molar-refractivity contribution in [3.63, 3.8) is 0 Å². The second-order valence-electron chi connectivity index (χ2n) is 7.06. The molecule has 0 aliphatic rings. The molecule has 1 atom stereocenters. The summed E-state index contributed by atoms with van der Waals surface area (Å²) in [5, 5.41) is 10.3. The number of amides is 2. The third-order valence-corrected chi connectivity index (χ3v) is 4.95. The highest BCUT2D eigenvalue weighted by Gasteiger charge is 2.21. The fourth-order valence-corrected chi connectivity index (χ4v) is 3.29. The van der Waals surface area contributed by atoms with Crippen LogP contribution in [0.2, 0.25) is 0 Å². The first-order valence-electron chi connectivity index (χ1n) is 9.88. The third kappa shape index (κ3) is 4.75. The number of para-hydroxylation sites is 1. The molecule has 0 aliphatic heterocycles. The van der Waals surface area contributed by atoms with E-state index in [2.05, 4.69) is 20.7 Å². The Kier molecular flexibility index (Phi) is 5.98. The van der Waals surface area contributed by atoms with Crippen LogP contribution in [0.1, 0.15) is 23.0 Å². The highest BCUT2D eigenvalue weighted by molar-refractivity contribution is 5.74. The molecule has 2 aromatic heterocycles. The molecule has 0 fully saturated rings. The molecule has 2 aromatic carbocycles. The number of urea groups is 1. The van der Waals surface area contributed by atoms with E-state index in [-0.39, 0.29) is 6.03 Å². The van der Waals surface area contributed by atoms with E-state index in [4.69, 9.17) is 4.74 Å². The quantitative estimate of drug-likeness (QED) is 0.484. The summed E-state index contributed by atoms with van der Waals surface area (Å²) >= 11 is 0. The normalized spacial score (nSPS) is 11.7. The van der Waals surface area contributed by atoms with Crippen molar-refractivity contribution in [2.75, 3.05) is 7.11 Å². The number of aromatic nitrogens is 4. The Morgan fingerprint density at radius 1 is 1.13 bits per heavy atom. The second-order valence-corrected chi connectivity index (χ2v) is 7.06. The summed E-state index contributed by atoms with van der Waals surface area (Å²) in [6.07, 6.45) is 7.20. The van der Waals surface area contributed by atoms with Gasteiger partial charge in [-0.3, -0.25) is 0 Å². The molecular formula is C23H24N6O2. The topological polar surface area (TPSA) is 86.0 Å². The highest BCUT2D eigenvalue weighted by atomic mass is 16.5. The van der Waals surface area contributed by atoms with Crippen LogP contribution < -0.4 is 15.4 Å². The van der Waals surface area contributed by atoms with Crippen LogP contribution in [0.3, 0.4) is 0 Å². The van der Waals surface area contributed by atoms with Gasteiger partial charge in [-0.05, 0) is 29.8 Å². The van der Waals surface area contributed by atoms with Gasteiger partial charge in [-0.1, -0.05) is 30.3 Å². The molecule has 0 saturated heterocycles. The molecule has 31 heavy (non-hydrogen) atoms. The average Bonchev–Trinajstić information content (AvgIpc) is 3.46. The molecule has 4 rings (SSSR count). The van der Waals surface area contributed by atoms with Crippen LogP contribution in [0, 0.1) is 0 Å². The number of hydrogen-bond donors (Lipinski definition) is 2. The summed E-state index contributed by atoms with van der Waals surface area (Å²) < 4.78 is 8.91. The molecule has 158 valence electrons. The molecule has 0 radical (unpaired) electrons. The largest absolute Gasteiger partial charge is 0.497 e. The van der Waals surface area contributed by atoms with Gasteiger partial charge in [0.25, 0.3) is 0 Å². The maximum absolute atomic E-state index is 12.7. The van der Waals surface area contributed by atoms with E-state index in [1.54, 1.807) is 24.2 Å². The Hall–Kier alpha value is -4.07. The lowest BCUT2D eigenvalue weighted by atomic mass is 10.1. The number of hydrogen-bond acceptors (Lipinski definition) is 4. The van der Waals surface area contributed by atoms with E-state index in [1.807, 2.05) is 78.6 Å². The summed E-state index contributed by atoms with van der Waals surface area (Å²) in [6.45, 7) is 0.356. The number of rotatable bonds is 7. The van der Waals surface area contributed by atoms with Gasteiger partial charge < -0.3 is 19.9 Å². The van der Waals surface area contributed by atoms with E-state index in [1.165, 1.54) is 0 Å². The van der Waals surface area contributed by atoms with Crippen LogP contribution in [0.25, 0.3) is 5.69 Å². The van der Waals surface area contributed by atoms with Crippen molar-refractivity contribution in [3.05, 3.63) is 96.3 Å². The highest BCUT2D eigenvalue weighted by Crippen LogP contribution is 2.23. The fourth-order valence-electron chi connectivity index (χ4n) is 3.29. The van der Waals surface area contributed by atoms with Crippen LogP contribution in [0.5, 0.6) is 5.75 Å². The first-order chi connectivity index (χ1) is 15.1. The molecule has 0 aliphatic carbocycles. The standard InChI is InChI=1S/C23H24N6O2/c1-28-13-12-24-22(28)21(18-8-10-20(31-2)11-9-18)27-23(30)25-14-17-15-26-29(16-17)19-6-4-3-5-7-19/h3-13,15-16,21H,14H2,1-2H3,(H2,25,27,30)/t21-/m1/s1. The Balaban J connectivity index is 1.44. The number of imidazole rings is 1. The zero-order valence-electron chi connectivity index (χ0n) is 17.4. The number of ether oxygens (including phenoxy) is 1. The van der Waals surface area contributed by atoms with Crippen molar-refractivity contribution in [3.8, 4) is 11.4 Å². The average molecular weight is 416 g/mol. The molecule has 8 heteroatoms. The van der Waals surface area contributed by atoms with E-state index < -0.39 is 6.04 Å². The number of methoxy groups -OCH3 is 1. The van der Waals surface area contributed by atoms with E-state index in [0.717, 1.165) is 28.4 Å². The molecule has 2 amide bonds. The summed E-state index contributed by atoms with van der Waals surface area (Å²) in [6, 6.07) is 16.7. The fraction of sp³-hybridized carbons (Fsp3) is 0.174. The first kappa shape index (κ1) is 20.2. The number of carbonyl (C=O) groups excluding carboxylic acids is 1. The minimum absolute atomic E-state index is 0.295. The molecule has 0 spiro atoms. The minimum atomic E-state index is -0.405. The van der Waals surface area contributed by atoms with Gasteiger partial charge in [0.1, 0.15) is 17.6 Å². The van der Waals surface area contributed by atoms with Crippen molar-refractivity contribution in [2.24, 2.45) is 7.05 Å². The predicted octanol–water partition coefficient (Wildman–Crippen LogP) is 3.20. The summed E-state index contributed by atoms with van der Waals surface area (Å²) in [5.74, 6) is 1.49. The zero-order chi connectivity index (χ0) is 21.6. The Morgan fingerprint density at radius 3 is 2.58 bits per heavy atom. The smallest absolute Gasteiger partial charge is 0.315 e. The van der Waals surface area contributed by atoms with Gasteiger partial charge >= 0.3 is 6.03 Å². The van der Waals surface area contributed by atoms with Gasteiger partial charge in [0.15, 0.2) is 0 Å². The third-order valence-electron chi connectivity index (χ3n) is 4.95. The maximum atomic E-state index is 12.7. The molecule has 4 aromatic rings. The second kappa shape index (κ2) is 9.17. The van der Waals surface area contributed by atoms with E-state index in [0.29, 0.717) is 6.54 Å². The molecule has 0 bridgehead atoms. The number of aryl methyl sites for hydroxylation is 1. The first-order valence-corrected chi connectivity index (χ1v) is 9.88. The molecular weight excluding hydrogens is 392 g/mol. The summed E-state index contributed by atoms with van der Waals surface area (Å²) in [5.41, 5.74) is 2.77. The minimum Gasteiger partial charge on any atom is -0.497 e. The molecule has 0 saturated carbocycles. The summed E-state index contributed by atoms with van der Waals surface area (Å²) in [7, 11) is 3.52. The molecule has 2 heterocycles. The van der Waals surface area contributed by atoms with Crippen molar-refractivity contribution in [1.82, 2.24) is 30.0 Å². The van der Waals surface area contributed by atoms with Gasteiger partial charge in [-0.25, -0.2) is 14.5 Å². The van der Waals surface area contributed by atoms with E-state index >= 15 is 0 Å². The van der Waals surface area contributed by atoms with Crippen LogP contribution in [0.4, 0.5) is 4.79 Å². The number of carbonyl (C=O) groups is 1. The Labute approximate surface area is 180 Å². The van der Waals surface area contributed by atoms with E-state index in [9.17, 15) is 4.79 Å². The van der Waals surface area contributed by atoms with Crippen LogP contribution in [-0.2, 0) is 13.6 Å². The van der Waals surface area contributed by atoms with Crippen LogP contribution in [-0.4, -0.2) is 32.5 Å². The van der Waals surface area contributed by atoms with Gasteiger partial charge in [0.2, 0.25) is 0 Å². The van der Waals surface area contributed by atoms with Gasteiger partial charge in [-0.15, -0.1) is 0 Å². The van der Waals surface area contributed by atoms with Crippen molar-refractivity contribution >= 4 is 6.03 Å². The molecule has 8 nitrogen and oxygen atoms in total. The van der Waals surface area contributed by atoms with Crippen molar-refractivity contribution in [1.29, 1.82) is 0 Å². The Bertz CT molecular complexity index is 1130. The monoisotopic (exact) mass is 416 g/mol. The van der Waals surface area contributed by atoms with Crippen molar-refractivity contribution < 1.29 is 9.53 Å². The molecule has 0 unspecified atom stereocenters. The predicted molar refractivity (Wildman–Crippen MR) is 117 cm³/mol. The number of nitrogens with zero attached hydrogens (tertiary/aromatic N) is 4. The maximum Gasteiger partial charge on any atom is 0.315 e. The van der Waals surface area contributed by atoms with Gasteiger partial charge in [-0.2, -0.15) is 5.10 Å². The lowest BCUT2D eigenvalue weighted by Gasteiger charge is -2.19. The Morgan fingerprint density at radius 2 is 1.90 bits per heavy atom. The molecule has 2 N–H and O–H groups in total. The van der Waals surface area contributed by atoms with Crippen LogP contribution in [0.15, 0.2) is 79.4 Å². The lowest BCUT2D eigenvalue weighted by Crippen LogP contribution is -2.38. The summed E-state index contributed by atoms with van der Waals surface area (Å²) in [4.78, 5) is 17.1. The zero-order valence-corrected chi connectivity index (χ0v) is 17.4. The SMILES string of the molecule is COc1ccc([C@@H](NC(=O)NCc2cnn(-c3ccccc3)c2)c2nccn2C)cc1. The van der Waals surface area contributed by atoms with Crippen molar-refractivity contribution in [2.45, 2.75) is 12.6 Å². The lowest BCUT2D eigenvalue weighted by molar-refractivity contribution is 0.237. The van der Waals surface area contributed by atoms with Gasteiger partial charge in [0.05, 0.1) is 19.0 Å². The van der Waals surface area contributed by atoms with Crippen LogP contribution >= 0.6 is 0 Å².